The van der Waals surface area contributed by atoms with Gasteiger partial charge in [0.2, 0.25) is 0 Å². The number of ether oxygens (including phenoxy) is 1. The summed E-state index contributed by atoms with van der Waals surface area (Å²) in [4.78, 5) is 0. The van der Waals surface area contributed by atoms with E-state index in [-0.39, 0.29) is 0 Å². The maximum absolute atomic E-state index is 5.19. The molecule has 0 saturated heterocycles. The summed E-state index contributed by atoms with van der Waals surface area (Å²) in [5.41, 5.74) is 0. The Labute approximate surface area is 99.3 Å². The van der Waals surface area contributed by atoms with Gasteiger partial charge >= 0.3 is 0 Å². The minimum absolute atomic E-state index is 0.322. The molecule has 2 fully saturated rings. The number of hydrogen-bond donors (Lipinski definition) is 2. The third-order valence-electron chi connectivity index (χ3n) is 3.78. The molecular weight excluding hydrogens is 200 g/mol. The highest BCUT2D eigenvalue weighted by Gasteiger charge is 2.40. The van der Waals surface area contributed by atoms with Crippen molar-refractivity contribution in [1.29, 1.82) is 0 Å². The van der Waals surface area contributed by atoms with Crippen molar-refractivity contribution in [2.24, 2.45) is 11.8 Å². The van der Waals surface area contributed by atoms with Crippen molar-refractivity contribution in [3.63, 3.8) is 0 Å². The molecule has 2 saturated carbocycles. The number of methoxy groups -OCH3 is 1. The third-order valence-corrected chi connectivity index (χ3v) is 3.78. The van der Waals surface area contributed by atoms with Crippen molar-refractivity contribution >= 4 is 0 Å². The smallest absolute Gasteiger partial charge is 0.0667 e. The fraction of sp³-hybridized carbons (Fsp3) is 1.00. The quantitative estimate of drug-likeness (QED) is 0.583. The van der Waals surface area contributed by atoms with E-state index in [2.05, 4.69) is 17.6 Å². The lowest BCUT2D eigenvalue weighted by atomic mass is 10.1. The Bertz CT molecular complexity index is 190. The van der Waals surface area contributed by atoms with Gasteiger partial charge in [-0.3, -0.25) is 0 Å². The van der Waals surface area contributed by atoms with E-state index in [1.165, 1.54) is 25.7 Å². The Morgan fingerprint density at radius 1 is 1.12 bits per heavy atom. The molecule has 2 aliphatic rings. The molecule has 2 rings (SSSR count). The topological polar surface area (TPSA) is 33.3 Å². The van der Waals surface area contributed by atoms with Crippen LogP contribution in [0.5, 0.6) is 0 Å². The van der Waals surface area contributed by atoms with E-state index in [1.807, 2.05) is 0 Å². The second-order valence-electron chi connectivity index (χ2n) is 5.41. The van der Waals surface area contributed by atoms with Crippen molar-refractivity contribution in [3.8, 4) is 0 Å². The van der Waals surface area contributed by atoms with Crippen molar-refractivity contribution < 1.29 is 4.74 Å². The van der Waals surface area contributed by atoms with E-state index in [0.29, 0.717) is 6.10 Å². The van der Waals surface area contributed by atoms with Gasteiger partial charge in [0, 0.05) is 32.8 Å². The maximum atomic E-state index is 5.19. The van der Waals surface area contributed by atoms with Crippen LogP contribution < -0.4 is 10.6 Å². The summed E-state index contributed by atoms with van der Waals surface area (Å²) in [5, 5.41) is 7.15. The van der Waals surface area contributed by atoms with Crippen LogP contribution in [0.15, 0.2) is 0 Å². The normalized spacial score (nSPS) is 22.7. The zero-order chi connectivity index (χ0) is 11.4. The van der Waals surface area contributed by atoms with E-state index in [4.69, 9.17) is 4.74 Å². The van der Waals surface area contributed by atoms with Crippen molar-refractivity contribution in [2.75, 3.05) is 26.7 Å². The summed E-state index contributed by atoms with van der Waals surface area (Å²) in [6.45, 7) is 5.21. The van der Waals surface area contributed by atoms with Crippen molar-refractivity contribution in [2.45, 2.75) is 44.8 Å². The largest absolute Gasteiger partial charge is 0.380 e. The van der Waals surface area contributed by atoms with E-state index in [0.717, 1.165) is 37.5 Å². The molecule has 16 heavy (non-hydrogen) atoms. The van der Waals surface area contributed by atoms with Gasteiger partial charge in [-0.15, -0.1) is 0 Å². The lowest BCUT2D eigenvalue weighted by Crippen LogP contribution is -2.39. The molecule has 0 heterocycles. The predicted molar refractivity (Wildman–Crippen MR) is 66.6 cm³/mol. The van der Waals surface area contributed by atoms with Gasteiger partial charge in [-0.1, -0.05) is 0 Å². The van der Waals surface area contributed by atoms with E-state index < -0.39 is 0 Å². The second kappa shape index (κ2) is 5.99. The monoisotopic (exact) mass is 226 g/mol. The van der Waals surface area contributed by atoms with Gasteiger partial charge in [-0.25, -0.2) is 0 Å². The Hall–Kier alpha value is -0.120. The van der Waals surface area contributed by atoms with Gasteiger partial charge in [-0.2, -0.15) is 0 Å². The lowest BCUT2D eigenvalue weighted by molar-refractivity contribution is 0.117. The first-order chi connectivity index (χ1) is 7.81. The summed E-state index contributed by atoms with van der Waals surface area (Å²) in [5.74, 6) is 2.01. The van der Waals surface area contributed by atoms with Crippen LogP contribution in [0.3, 0.4) is 0 Å². The highest BCUT2D eigenvalue weighted by atomic mass is 16.5. The lowest BCUT2D eigenvalue weighted by Gasteiger charge is -2.18. The first-order valence-electron chi connectivity index (χ1n) is 6.78. The summed E-state index contributed by atoms with van der Waals surface area (Å²) >= 11 is 0. The molecule has 0 aromatic rings. The predicted octanol–water partition coefficient (Wildman–Crippen LogP) is 1.39. The number of hydrogen-bond acceptors (Lipinski definition) is 3. The van der Waals surface area contributed by atoms with Crippen LogP contribution in [-0.4, -0.2) is 38.9 Å². The van der Waals surface area contributed by atoms with Gasteiger partial charge in [-0.05, 0) is 44.4 Å². The van der Waals surface area contributed by atoms with Crippen molar-refractivity contribution in [3.05, 3.63) is 0 Å². The van der Waals surface area contributed by atoms with Crippen molar-refractivity contribution in [1.82, 2.24) is 10.6 Å². The minimum Gasteiger partial charge on any atom is -0.380 e. The molecule has 0 bridgehead atoms. The molecule has 3 nitrogen and oxygen atoms in total. The minimum atomic E-state index is 0.322. The number of nitrogens with one attached hydrogen (secondary N) is 2. The third kappa shape index (κ3) is 4.04. The first-order valence-corrected chi connectivity index (χ1v) is 6.78. The van der Waals surface area contributed by atoms with Crippen LogP contribution in [0.4, 0.5) is 0 Å². The Balaban J connectivity index is 1.49. The fourth-order valence-electron chi connectivity index (χ4n) is 2.34. The van der Waals surface area contributed by atoms with Gasteiger partial charge in [0.15, 0.2) is 0 Å². The highest BCUT2D eigenvalue weighted by Crippen LogP contribution is 2.44. The Morgan fingerprint density at radius 3 is 2.25 bits per heavy atom. The molecule has 0 aliphatic heterocycles. The van der Waals surface area contributed by atoms with E-state index in [1.54, 1.807) is 7.11 Å². The second-order valence-corrected chi connectivity index (χ2v) is 5.41. The average Bonchev–Trinajstić information content (AvgIpc) is 3.16. The fourth-order valence-corrected chi connectivity index (χ4v) is 2.34. The molecule has 1 unspecified atom stereocenters. The summed E-state index contributed by atoms with van der Waals surface area (Å²) in [6.07, 6.45) is 6.16. The van der Waals surface area contributed by atoms with Crippen LogP contribution in [0.25, 0.3) is 0 Å². The molecule has 1 atom stereocenters. The molecule has 94 valence electrons. The number of rotatable bonds is 9. The average molecular weight is 226 g/mol. The molecule has 2 N–H and O–H groups in total. The molecule has 0 aromatic heterocycles. The summed E-state index contributed by atoms with van der Waals surface area (Å²) in [6, 6.07) is 0.835. The van der Waals surface area contributed by atoms with Crippen LogP contribution in [0.2, 0.25) is 0 Å². The van der Waals surface area contributed by atoms with Crippen LogP contribution in [0.1, 0.15) is 32.6 Å². The molecular formula is C13H26N2O. The van der Waals surface area contributed by atoms with E-state index in [9.17, 15) is 0 Å². The molecule has 0 radical (unpaired) electrons. The Kier molecular flexibility index (Phi) is 4.62. The molecule has 0 aromatic carbocycles. The zero-order valence-electron chi connectivity index (χ0n) is 10.7. The van der Waals surface area contributed by atoms with E-state index >= 15 is 0 Å². The van der Waals surface area contributed by atoms with Gasteiger partial charge in [0.05, 0.1) is 6.10 Å². The molecule has 0 amide bonds. The van der Waals surface area contributed by atoms with Gasteiger partial charge in [0.1, 0.15) is 0 Å². The van der Waals surface area contributed by atoms with Gasteiger partial charge in [0.25, 0.3) is 0 Å². The summed E-state index contributed by atoms with van der Waals surface area (Å²) < 4.78 is 5.19. The van der Waals surface area contributed by atoms with Crippen LogP contribution >= 0.6 is 0 Å². The molecule has 3 heteroatoms. The van der Waals surface area contributed by atoms with Crippen LogP contribution in [-0.2, 0) is 4.74 Å². The zero-order valence-corrected chi connectivity index (χ0v) is 10.7. The van der Waals surface area contributed by atoms with Gasteiger partial charge < -0.3 is 15.4 Å². The molecule has 2 aliphatic carbocycles. The summed E-state index contributed by atoms with van der Waals surface area (Å²) in [7, 11) is 1.76. The molecule has 0 spiro atoms. The first kappa shape index (κ1) is 12.3. The standard InChI is InChI=1S/C13H26N2O/c1-10(16-2)9-14-7-8-15-13(11-3-4-11)12-5-6-12/h10-15H,3-9H2,1-2H3. The maximum Gasteiger partial charge on any atom is 0.0667 e. The highest BCUT2D eigenvalue weighted by molar-refractivity contribution is 4.96. The van der Waals surface area contributed by atoms with Crippen LogP contribution in [0, 0.1) is 11.8 Å². The SMILES string of the molecule is COC(C)CNCCNC(C1CC1)C1CC1. The Morgan fingerprint density at radius 2 is 1.75 bits per heavy atom.